The fourth-order valence-corrected chi connectivity index (χ4v) is 2.35. The van der Waals surface area contributed by atoms with Crippen LogP contribution >= 0.6 is 0 Å². The Bertz CT molecular complexity index is 696. The number of rotatable bonds is 6. The Balaban J connectivity index is 1.76. The summed E-state index contributed by atoms with van der Waals surface area (Å²) in [6.45, 7) is 6.81. The van der Waals surface area contributed by atoms with Gasteiger partial charge < -0.3 is 10.3 Å². The van der Waals surface area contributed by atoms with E-state index in [1.165, 1.54) is 11.1 Å². The summed E-state index contributed by atoms with van der Waals surface area (Å²) in [4.78, 5) is 26.3. The van der Waals surface area contributed by atoms with Gasteiger partial charge in [0, 0.05) is 30.9 Å². The molecule has 2 rings (SSSR count). The van der Waals surface area contributed by atoms with Crippen LogP contribution in [0.25, 0.3) is 0 Å². The summed E-state index contributed by atoms with van der Waals surface area (Å²) < 4.78 is 1.61. The third-order valence-electron chi connectivity index (χ3n) is 3.91. The first-order valence-electron chi connectivity index (χ1n) is 7.55. The van der Waals surface area contributed by atoms with Crippen molar-refractivity contribution in [3.05, 3.63) is 57.3 Å². The third-order valence-corrected chi connectivity index (χ3v) is 3.91. The number of aromatic nitrogens is 2. The fraction of sp³-hybridized carbons (Fsp3) is 0.412. The zero-order valence-corrected chi connectivity index (χ0v) is 13.4. The average molecular weight is 301 g/mol. The van der Waals surface area contributed by atoms with Gasteiger partial charge in [0.15, 0.2) is 0 Å². The Labute approximate surface area is 130 Å². The molecule has 0 fully saturated rings. The highest BCUT2D eigenvalue weighted by Crippen LogP contribution is 2.03. The van der Waals surface area contributed by atoms with E-state index < -0.39 is 0 Å². The van der Waals surface area contributed by atoms with Crippen molar-refractivity contribution in [1.82, 2.24) is 14.9 Å². The molecule has 0 radical (unpaired) electrons. The minimum Gasteiger partial charge on any atom is -0.356 e. The number of aromatic amines is 1. The van der Waals surface area contributed by atoms with Gasteiger partial charge in [0.05, 0.1) is 0 Å². The number of nitrogens with zero attached hydrogens (tertiary/aromatic N) is 1. The maximum atomic E-state index is 11.9. The first kappa shape index (κ1) is 16.1. The van der Waals surface area contributed by atoms with Crippen LogP contribution in [0, 0.1) is 20.8 Å². The maximum Gasteiger partial charge on any atom is 0.325 e. The van der Waals surface area contributed by atoms with Gasteiger partial charge in [0.25, 0.3) is 0 Å². The molecule has 1 aromatic carbocycles. The predicted molar refractivity (Wildman–Crippen MR) is 87.0 cm³/mol. The predicted octanol–water partition coefficient (Wildman–Crippen LogP) is 1.85. The molecular formula is C17H23N3O2. The van der Waals surface area contributed by atoms with E-state index in [2.05, 4.69) is 41.5 Å². The van der Waals surface area contributed by atoms with Crippen LogP contribution in [0.4, 0.5) is 0 Å². The number of benzene rings is 1. The minimum atomic E-state index is -0.151. The standard InChI is InChI=1S/C17H23N3O2/c1-12-4-6-15(7-5-12)8-10-18-16(21)9-11-20-14(3)13(2)19-17(20)22/h4-7H,8-11H2,1-3H3,(H,18,21)(H,19,22). The zero-order chi connectivity index (χ0) is 16.1. The van der Waals surface area contributed by atoms with E-state index in [0.29, 0.717) is 19.5 Å². The number of amides is 1. The molecule has 2 aromatic rings. The van der Waals surface area contributed by atoms with Crippen molar-refractivity contribution >= 4 is 5.91 Å². The van der Waals surface area contributed by atoms with Crippen molar-refractivity contribution in [3.63, 3.8) is 0 Å². The molecule has 2 N–H and O–H groups in total. The van der Waals surface area contributed by atoms with Crippen LogP contribution in [-0.2, 0) is 17.8 Å². The Morgan fingerprint density at radius 1 is 1.18 bits per heavy atom. The largest absolute Gasteiger partial charge is 0.356 e. The van der Waals surface area contributed by atoms with Gasteiger partial charge in [-0.05, 0) is 32.8 Å². The molecule has 5 heteroatoms. The molecule has 0 bridgehead atoms. The van der Waals surface area contributed by atoms with Crippen molar-refractivity contribution < 1.29 is 4.79 Å². The molecule has 118 valence electrons. The first-order chi connectivity index (χ1) is 10.5. The molecule has 0 aliphatic rings. The van der Waals surface area contributed by atoms with E-state index in [1.54, 1.807) is 4.57 Å². The summed E-state index contributed by atoms with van der Waals surface area (Å²) in [5.74, 6) is -0.0303. The molecule has 1 heterocycles. The monoisotopic (exact) mass is 301 g/mol. The molecule has 0 saturated heterocycles. The molecule has 5 nitrogen and oxygen atoms in total. The molecule has 0 aliphatic heterocycles. The summed E-state index contributed by atoms with van der Waals surface area (Å²) in [7, 11) is 0. The van der Waals surface area contributed by atoms with Crippen molar-refractivity contribution in [1.29, 1.82) is 0 Å². The number of hydrogen-bond donors (Lipinski definition) is 2. The zero-order valence-electron chi connectivity index (χ0n) is 13.4. The lowest BCUT2D eigenvalue weighted by molar-refractivity contribution is -0.121. The summed E-state index contributed by atoms with van der Waals surface area (Å²) in [6.07, 6.45) is 1.13. The minimum absolute atomic E-state index is 0.0303. The van der Waals surface area contributed by atoms with Gasteiger partial charge in [0.2, 0.25) is 5.91 Å². The Hall–Kier alpha value is -2.30. The van der Waals surface area contributed by atoms with Crippen LogP contribution in [0.3, 0.4) is 0 Å². The number of nitrogens with one attached hydrogen (secondary N) is 2. The fourth-order valence-electron chi connectivity index (χ4n) is 2.35. The van der Waals surface area contributed by atoms with Gasteiger partial charge in [0.1, 0.15) is 0 Å². The highest BCUT2D eigenvalue weighted by Gasteiger charge is 2.08. The summed E-state index contributed by atoms with van der Waals surface area (Å²) in [5.41, 5.74) is 4.03. The van der Waals surface area contributed by atoms with Crippen molar-refractivity contribution in [2.24, 2.45) is 0 Å². The molecule has 0 aliphatic carbocycles. The van der Waals surface area contributed by atoms with E-state index in [9.17, 15) is 9.59 Å². The van der Waals surface area contributed by atoms with E-state index in [0.717, 1.165) is 17.8 Å². The Kier molecular flexibility index (Phi) is 5.20. The Morgan fingerprint density at radius 2 is 1.86 bits per heavy atom. The van der Waals surface area contributed by atoms with Crippen LogP contribution in [0.2, 0.25) is 0 Å². The average Bonchev–Trinajstić information content (AvgIpc) is 2.72. The summed E-state index contributed by atoms with van der Waals surface area (Å²) >= 11 is 0. The Morgan fingerprint density at radius 3 is 2.45 bits per heavy atom. The molecule has 0 saturated carbocycles. The van der Waals surface area contributed by atoms with Gasteiger partial charge in [-0.15, -0.1) is 0 Å². The molecule has 22 heavy (non-hydrogen) atoms. The van der Waals surface area contributed by atoms with Crippen LogP contribution < -0.4 is 11.0 Å². The van der Waals surface area contributed by atoms with Gasteiger partial charge >= 0.3 is 5.69 Å². The number of H-pyrrole nitrogens is 1. The van der Waals surface area contributed by atoms with Crippen LogP contribution in [0.1, 0.15) is 28.9 Å². The normalized spacial score (nSPS) is 10.7. The van der Waals surface area contributed by atoms with Gasteiger partial charge in [-0.2, -0.15) is 0 Å². The van der Waals surface area contributed by atoms with Crippen LogP contribution in [-0.4, -0.2) is 22.0 Å². The SMILES string of the molecule is Cc1ccc(CCNC(=O)CCn2c(C)c(C)[nH]c2=O)cc1. The highest BCUT2D eigenvalue weighted by molar-refractivity contribution is 5.75. The molecule has 0 unspecified atom stereocenters. The lowest BCUT2D eigenvalue weighted by Gasteiger charge is -2.07. The van der Waals surface area contributed by atoms with Crippen molar-refractivity contribution in [2.45, 2.75) is 40.2 Å². The van der Waals surface area contributed by atoms with Crippen LogP contribution in [0.15, 0.2) is 29.1 Å². The molecule has 0 spiro atoms. The van der Waals surface area contributed by atoms with Gasteiger partial charge in [-0.1, -0.05) is 29.8 Å². The van der Waals surface area contributed by atoms with Crippen LogP contribution in [0.5, 0.6) is 0 Å². The van der Waals surface area contributed by atoms with Gasteiger partial charge in [-0.3, -0.25) is 9.36 Å². The number of carbonyl (C=O) groups excluding carboxylic acids is 1. The van der Waals surface area contributed by atoms with Crippen molar-refractivity contribution in [2.75, 3.05) is 6.54 Å². The highest BCUT2D eigenvalue weighted by atomic mass is 16.2. The second-order valence-corrected chi connectivity index (χ2v) is 5.63. The lowest BCUT2D eigenvalue weighted by Crippen LogP contribution is -2.28. The second-order valence-electron chi connectivity index (χ2n) is 5.63. The van der Waals surface area contributed by atoms with E-state index in [4.69, 9.17) is 0 Å². The quantitative estimate of drug-likeness (QED) is 0.855. The number of carbonyl (C=O) groups is 1. The number of aryl methyl sites for hydroxylation is 2. The number of imidazole rings is 1. The smallest absolute Gasteiger partial charge is 0.325 e. The topological polar surface area (TPSA) is 66.9 Å². The van der Waals surface area contributed by atoms with Crippen molar-refractivity contribution in [3.8, 4) is 0 Å². The molecular weight excluding hydrogens is 278 g/mol. The molecule has 0 atom stereocenters. The third kappa shape index (κ3) is 4.10. The summed E-state index contributed by atoms with van der Waals surface area (Å²) in [5, 5.41) is 2.90. The van der Waals surface area contributed by atoms with Gasteiger partial charge in [-0.25, -0.2) is 4.79 Å². The summed E-state index contributed by atoms with van der Waals surface area (Å²) in [6, 6.07) is 8.29. The second kappa shape index (κ2) is 7.11. The maximum absolute atomic E-state index is 11.9. The van der Waals surface area contributed by atoms with E-state index >= 15 is 0 Å². The molecule has 1 amide bonds. The van der Waals surface area contributed by atoms with E-state index in [1.807, 2.05) is 13.8 Å². The van der Waals surface area contributed by atoms with E-state index in [-0.39, 0.29) is 11.6 Å². The first-order valence-corrected chi connectivity index (χ1v) is 7.55. The molecule has 1 aromatic heterocycles. The number of hydrogen-bond acceptors (Lipinski definition) is 2. The lowest BCUT2D eigenvalue weighted by atomic mass is 10.1.